The van der Waals surface area contributed by atoms with E-state index < -0.39 is 0 Å². The second-order valence-electron chi connectivity index (χ2n) is 5.12. The molecule has 0 aromatic heterocycles. The molecule has 17 heavy (non-hydrogen) atoms. The van der Waals surface area contributed by atoms with Gasteiger partial charge in [0.1, 0.15) is 0 Å². The van der Waals surface area contributed by atoms with Gasteiger partial charge in [-0.2, -0.15) is 0 Å². The first-order chi connectivity index (χ1) is 8.34. The Kier molecular flexibility index (Phi) is 5.02. The Morgan fingerprint density at radius 2 is 2.00 bits per heavy atom. The van der Waals surface area contributed by atoms with Gasteiger partial charge >= 0.3 is 0 Å². The highest BCUT2D eigenvalue weighted by Crippen LogP contribution is 2.30. The molecule has 0 heterocycles. The molecular formula is C15H23NO. The normalized spacial score (nSPS) is 17.7. The maximum atomic E-state index is 6.08. The van der Waals surface area contributed by atoms with Crippen molar-refractivity contribution in [1.29, 1.82) is 0 Å². The van der Waals surface area contributed by atoms with Gasteiger partial charge in [-0.15, -0.1) is 0 Å². The maximum absolute atomic E-state index is 6.08. The van der Waals surface area contributed by atoms with Crippen LogP contribution in [0.5, 0.6) is 0 Å². The van der Waals surface area contributed by atoms with Crippen molar-refractivity contribution in [3.63, 3.8) is 0 Å². The van der Waals surface area contributed by atoms with Crippen LogP contribution >= 0.6 is 0 Å². The van der Waals surface area contributed by atoms with Crippen LogP contribution in [0.2, 0.25) is 0 Å². The fourth-order valence-corrected chi connectivity index (χ4v) is 2.27. The van der Waals surface area contributed by atoms with E-state index in [0.717, 1.165) is 18.9 Å². The summed E-state index contributed by atoms with van der Waals surface area (Å²) in [4.78, 5) is 0. The molecule has 94 valence electrons. The molecule has 2 rings (SSSR count). The van der Waals surface area contributed by atoms with Crippen molar-refractivity contribution < 1.29 is 4.74 Å². The van der Waals surface area contributed by atoms with Crippen molar-refractivity contribution in [2.45, 2.75) is 44.8 Å². The van der Waals surface area contributed by atoms with Crippen molar-refractivity contribution >= 4 is 0 Å². The van der Waals surface area contributed by atoms with Gasteiger partial charge in [-0.3, -0.25) is 0 Å². The van der Waals surface area contributed by atoms with E-state index in [1.54, 1.807) is 0 Å². The molecule has 1 atom stereocenters. The average molecular weight is 233 g/mol. The standard InChI is InChI=1S/C15H23NO/c16-15(11-13-7-4-8-13)9-10-17-12-14-5-2-1-3-6-14/h1-3,5-6,13,15H,4,7-12,16H2. The predicted molar refractivity (Wildman–Crippen MR) is 70.6 cm³/mol. The zero-order valence-corrected chi connectivity index (χ0v) is 10.5. The third kappa shape index (κ3) is 4.49. The fourth-order valence-electron chi connectivity index (χ4n) is 2.27. The summed E-state index contributed by atoms with van der Waals surface area (Å²) >= 11 is 0. The van der Waals surface area contributed by atoms with Crippen molar-refractivity contribution in [2.24, 2.45) is 11.7 Å². The highest BCUT2D eigenvalue weighted by molar-refractivity contribution is 5.13. The number of hydrogen-bond donors (Lipinski definition) is 1. The van der Waals surface area contributed by atoms with Crippen LogP contribution < -0.4 is 5.73 Å². The van der Waals surface area contributed by atoms with Crippen molar-refractivity contribution in [3.8, 4) is 0 Å². The van der Waals surface area contributed by atoms with Crippen LogP contribution in [0.4, 0.5) is 0 Å². The molecule has 0 aliphatic heterocycles. The van der Waals surface area contributed by atoms with Gasteiger partial charge in [0.25, 0.3) is 0 Å². The molecule has 2 N–H and O–H groups in total. The Morgan fingerprint density at radius 1 is 1.24 bits per heavy atom. The third-order valence-corrected chi connectivity index (χ3v) is 3.61. The van der Waals surface area contributed by atoms with E-state index >= 15 is 0 Å². The molecule has 1 saturated carbocycles. The van der Waals surface area contributed by atoms with Gasteiger partial charge in [-0.1, -0.05) is 49.6 Å². The molecule has 0 spiro atoms. The smallest absolute Gasteiger partial charge is 0.0716 e. The van der Waals surface area contributed by atoms with Crippen molar-refractivity contribution in [1.82, 2.24) is 0 Å². The van der Waals surface area contributed by atoms with Crippen LogP contribution in [0.25, 0.3) is 0 Å². The van der Waals surface area contributed by atoms with Gasteiger partial charge in [0.15, 0.2) is 0 Å². The molecule has 0 bridgehead atoms. The second kappa shape index (κ2) is 6.77. The Morgan fingerprint density at radius 3 is 2.65 bits per heavy atom. The number of rotatable bonds is 7. The number of hydrogen-bond acceptors (Lipinski definition) is 2. The van der Waals surface area contributed by atoms with Crippen LogP contribution in [0.15, 0.2) is 30.3 Å². The minimum absolute atomic E-state index is 0.330. The molecule has 1 unspecified atom stereocenters. The van der Waals surface area contributed by atoms with Gasteiger partial charge in [0.05, 0.1) is 6.61 Å². The lowest BCUT2D eigenvalue weighted by molar-refractivity contribution is 0.110. The molecule has 2 heteroatoms. The molecule has 1 aliphatic carbocycles. The molecule has 0 amide bonds. The molecule has 1 aliphatic rings. The van der Waals surface area contributed by atoms with Crippen LogP contribution in [0.1, 0.15) is 37.7 Å². The first kappa shape index (κ1) is 12.6. The average Bonchev–Trinajstić information content (AvgIpc) is 2.31. The van der Waals surface area contributed by atoms with Gasteiger partial charge in [0, 0.05) is 12.6 Å². The summed E-state index contributed by atoms with van der Waals surface area (Å²) in [5, 5.41) is 0. The lowest BCUT2D eigenvalue weighted by Gasteiger charge is -2.27. The summed E-state index contributed by atoms with van der Waals surface area (Å²) in [5.41, 5.74) is 7.32. The molecule has 2 nitrogen and oxygen atoms in total. The second-order valence-corrected chi connectivity index (χ2v) is 5.12. The highest BCUT2D eigenvalue weighted by atomic mass is 16.5. The Bertz CT molecular complexity index is 308. The fraction of sp³-hybridized carbons (Fsp3) is 0.600. The SMILES string of the molecule is NC(CCOCc1ccccc1)CC1CCC1. The number of nitrogens with two attached hydrogens (primary N) is 1. The third-order valence-electron chi connectivity index (χ3n) is 3.61. The molecule has 1 fully saturated rings. The van der Waals surface area contributed by atoms with E-state index in [1.165, 1.54) is 31.2 Å². The minimum atomic E-state index is 0.330. The van der Waals surface area contributed by atoms with Crippen LogP contribution in [0.3, 0.4) is 0 Å². The predicted octanol–water partition coefficient (Wildman–Crippen LogP) is 3.11. The Hall–Kier alpha value is -0.860. The van der Waals surface area contributed by atoms with Gasteiger partial charge < -0.3 is 10.5 Å². The molecule has 1 aromatic rings. The van der Waals surface area contributed by atoms with Crippen LogP contribution in [-0.2, 0) is 11.3 Å². The topological polar surface area (TPSA) is 35.2 Å². The first-order valence-electron chi connectivity index (χ1n) is 6.72. The van der Waals surface area contributed by atoms with Gasteiger partial charge in [0.2, 0.25) is 0 Å². The summed E-state index contributed by atoms with van der Waals surface area (Å²) in [7, 11) is 0. The van der Waals surface area contributed by atoms with Crippen molar-refractivity contribution in [2.75, 3.05) is 6.61 Å². The molecular weight excluding hydrogens is 210 g/mol. The van der Waals surface area contributed by atoms with Gasteiger partial charge in [-0.25, -0.2) is 0 Å². The first-order valence-corrected chi connectivity index (χ1v) is 6.72. The summed E-state index contributed by atoms with van der Waals surface area (Å²) < 4.78 is 5.64. The zero-order chi connectivity index (χ0) is 11.9. The van der Waals surface area contributed by atoms with Gasteiger partial charge in [-0.05, 0) is 24.3 Å². The highest BCUT2D eigenvalue weighted by Gasteiger charge is 2.19. The van der Waals surface area contributed by atoms with Crippen LogP contribution in [0, 0.1) is 5.92 Å². The zero-order valence-electron chi connectivity index (χ0n) is 10.5. The van der Waals surface area contributed by atoms with Crippen LogP contribution in [-0.4, -0.2) is 12.6 Å². The van der Waals surface area contributed by atoms with E-state index in [2.05, 4.69) is 12.1 Å². The molecule has 1 aromatic carbocycles. The summed E-state index contributed by atoms with van der Waals surface area (Å²) in [6.45, 7) is 1.49. The summed E-state index contributed by atoms with van der Waals surface area (Å²) in [5.74, 6) is 0.902. The van der Waals surface area contributed by atoms with E-state index in [9.17, 15) is 0 Å². The number of ether oxygens (including phenoxy) is 1. The maximum Gasteiger partial charge on any atom is 0.0716 e. The lowest BCUT2D eigenvalue weighted by Crippen LogP contribution is -2.27. The monoisotopic (exact) mass is 233 g/mol. The minimum Gasteiger partial charge on any atom is -0.377 e. The van der Waals surface area contributed by atoms with E-state index in [0.29, 0.717) is 12.6 Å². The van der Waals surface area contributed by atoms with E-state index in [-0.39, 0.29) is 0 Å². The molecule has 0 saturated heterocycles. The lowest BCUT2D eigenvalue weighted by atomic mass is 9.80. The Labute approximate surface area is 104 Å². The Balaban J connectivity index is 1.53. The molecule has 0 radical (unpaired) electrons. The largest absolute Gasteiger partial charge is 0.377 e. The number of benzene rings is 1. The van der Waals surface area contributed by atoms with Crippen molar-refractivity contribution in [3.05, 3.63) is 35.9 Å². The van der Waals surface area contributed by atoms with E-state index in [1.807, 2.05) is 18.2 Å². The quantitative estimate of drug-likeness (QED) is 0.734. The summed E-state index contributed by atoms with van der Waals surface area (Å²) in [6.07, 6.45) is 6.36. The van der Waals surface area contributed by atoms with E-state index in [4.69, 9.17) is 10.5 Å². The summed E-state index contributed by atoms with van der Waals surface area (Å²) in [6, 6.07) is 10.6.